The number of sulfone groups is 1. The molecule has 5 nitrogen and oxygen atoms in total. The van der Waals surface area contributed by atoms with Gasteiger partial charge in [-0.2, -0.15) is 0 Å². The fourth-order valence-corrected chi connectivity index (χ4v) is 3.32. The highest BCUT2D eigenvalue weighted by Crippen LogP contribution is 2.22. The van der Waals surface area contributed by atoms with Crippen molar-refractivity contribution < 1.29 is 17.6 Å². The first-order chi connectivity index (χ1) is 11.9. The highest BCUT2D eigenvalue weighted by atomic mass is 32.2. The Morgan fingerprint density at radius 1 is 1.12 bits per heavy atom. The van der Waals surface area contributed by atoms with Gasteiger partial charge in [-0.05, 0) is 36.2 Å². The number of fused-ring (bicyclic) bond motifs is 1. The Bertz CT molecular complexity index is 970. The van der Waals surface area contributed by atoms with E-state index in [-0.39, 0.29) is 22.6 Å². The second-order valence-electron chi connectivity index (χ2n) is 5.92. The maximum Gasteiger partial charge on any atom is 0.287 e. The molecule has 0 bridgehead atoms. The molecule has 0 saturated heterocycles. The molecule has 0 aliphatic rings. The van der Waals surface area contributed by atoms with Gasteiger partial charge in [0, 0.05) is 11.6 Å². The van der Waals surface area contributed by atoms with Gasteiger partial charge in [0.2, 0.25) is 0 Å². The summed E-state index contributed by atoms with van der Waals surface area (Å²) in [5.74, 6) is -0.0392. The van der Waals surface area contributed by atoms with Gasteiger partial charge in [0.1, 0.15) is 5.58 Å². The molecule has 0 saturated carbocycles. The molecule has 2 aromatic carbocycles. The lowest BCUT2D eigenvalue weighted by Crippen LogP contribution is -2.27. The van der Waals surface area contributed by atoms with Crippen LogP contribution in [0.25, 0.3) is 11.0 Å². The highest BCUT2D eigenvalue weighted by molar-refractivity contribution is 7.90. The Labute approximate surface area is 146 Å². The summed E-state index contributed by atoms with van der Waals surface area (Å²) in [6, 6.07) is 15.5. The first-order valence-corrected chi connectivity index (χ1v) is 9.87. The minimum Gasteiger partial charge on any atom is -0.451 e. The van der Waals surface area contributed by atoms with Gasteiger partial charge in [-0.15, -0.1) is 0 Å². The van der Waals surface area contributed by atoms with Crippen LogP contribution in [0.1, 0.15) is 35.5 Å². The first kappa shape index (κ1) is 17.2. The third kappa shape index (κ3) is 3.74. The summed E-state index contributed by atoms with van der Waals surface area (Å²) in [4.78, 5) is 12.7. The average molecular weight is 357 g/mol. The maximum absolute atomic E-state index is 12.5. The number of carbonyl (C=O) groups excluding carboxylic acids is 1. The summed E-state index contributed by atoms with van der Waals surface area (Å²) in [6.07, 6.45) is 1.84. The summed E-state index contributed by atoms with van der Waals surface area (Å²) >= 11 is 0. The van der Waals surface area contributed by atoms with Gasteiger partial charge in [-0.1, -0.05) is 37.3 Å². The molecule has 0 radical (unpaired) electrons. The van der Waals surface area contributed by atoms with Crippen molar-refractivity contribution in [3.63, 3.8) is 0 Å². The van der Waals surface area contributed by atoms with Crippen LogP contribution < -0.4 is 5.32 Å². The van der Waals surface area contributed by atoms with E-state index < -0.39 is 9.84 Å². The van der Waals surface area contributed by atoms with Crippen LogP contribution in [-0.2, 0) is 9.84 Å². The van der Waals surface area contributed by atoms with E-state index in [1.165, 1.54) is 6.26 Å². The largest absolute Gasteiger partial charge is 0.451 e. The van der Waals surface area contributed by atoms with E-state index in [4.69, 9.17) is 4.42 Å². The van der Waals surface area contributed by atoms with E-state index in [0.717, 1.165) is 10.9 Å². The number of carbonyl (C=O) groups is 1. The molecule has 1 heterocycles. The minimum atomic E-state index is -3.24. The molecule has 1 atom stereocenters. The van der Waals surface area contributed by atoms with Crippen molar-refractivity contribution in [3.05, 3.63) is 65.9 Å². The third-order valence-corrected chi connectivity index (χ3v) is 5.20. The predicted molar refractivity (Wildman–Crippen MR) is 96.3 cm³/mol. The van der Waals surface area contributed by atoms with Crippen LogP contribution in [0.15, 0.2) is 63.9 Å². The Morgan fingerprint density at radius 2 is 1.80 bits per heavy atom. The first-order valence-electron chi connectivity index (χ1n) is 7.98. The lowest BCUT2D eigenvalue weighted by molar-refractivity contribution is 0.0909. The van der Waals surface area contributed by atoms with E-state index >= 15 is 0 Å². The molecule has 1 aromatic heterocycles. The molecule has 0 aliphatic carbocycles. The topological polar surface area (TPSA) is 76.4 Å². The number of rotatable bonds is 5. The molecular weight excluding hydrogens is 338 g/mol. The minimum absolute atomic E-state index is 0.227. The standard InChI is InChI=1S/C19H19NO4S/c1-3-16(13-8-10-15(11-9-13)25(2,22)23)20-19(21)18-12-14-6-4-5-7-17(14)24-18/h4-12,16H,3H2,1-2H3,(H,20,21)/t16-/m1/s1. The number of furan rings is 1. The van der Waals surface area contributed by atoms with Crippen LogP contribution in [0, 0.1) is 0 Å². The van der Waals surface area contributed by atoms with Crippen molar-refractivity contribution in [3.8, 4) is 0 Å². The maximum atomic E-state index is 12.5. The summed E-state index contributed by atoms with van der Waals surface area (Å²) < 4.78 is 28.7. The van der Waals surface area contributed by atoms with E-state index in [2.05, 4.69) is 5.32 Å². The molecule has 0 aliphatic heterocycles. The molecule has 6 heteroatoms. The van der Waals surface area contributed by atoms with Crippen molar-refractivity contribution in [1.82, 2.24) is 5.32 Å². The number of hydrogen-bond acceptors (Lipinski definition) is 4. The number of hydrogen-bond donors (Lipinski definition) is 1. The molecule has 1 N–H and O–H groups in total. The lowest BCUT2D eigenvalue weighted by atomic mass is 10.0. The van der Waals surface area contributed by atoms with Crippen LogP contribution in [0.5, 0.6) is 0 Å². The molecule has 3 rings (SSSR count). The molecular formula is C19H19NO4S. The normalized spacial score (nSPS) is 12.9. The van der Waals surface area contributed by atoms with Crippen molar-refractivity contribution in [1.29, 1.82) is 0 Å². The zero-order valence-corrected chi connectivity index (χ0v) is 14.8. The molecule has 3 aromatic rings. The number of benzene rings is 2. The second-order valence-corrected chi connectivity index (χ2v) is 7.94. The average Bonchev–Trinajstić information content (AvgIpc) is 3.03. The van der Waals surface area contributed by atoms with Gasteiger partial charge in [0.15, 0.2) is 15.6 Å². The van der Waals surface area contributed by atoms with E-state index in [1.807, 2.05) is 31.2 Å². The molecule has 1 amide bonds. The quantitative estimate of drug-likeness (QED) is 0.755. The number of para-hydroxylation sites is 1. The van der Waals surface area contributed by atoms with Crippen LogP contribution in [0.3, 0.4) is 0 Å². The molecule has 25 heavy (non-hydrogen) atoms. The predicted octanol–water partition coefficient (Wildman–Crippen LogP) is 3.72. The Balaban J connectivity index is 1.80. The third-order valence-electron chi connectivity index (χ3n) is 4.07. The van der Waals surface area contributed by atoms with Gasteiger partial charge in [-0.25, -0.2) is 8.42 Å². The van der Waals surface area contributed by atoms with Gasteiger partial charge in [-0.3, -0.25) is 4.79 Å². The summed E-state index contributed by atoms with van der Waals surface area (Å²) in [5.41, 5.74) is 1.51. The van der Waals surface area contributed by atoms with Crippen molar-refractivity contribution in [2.75, 3.05) is 6.26 Å². The van der Waals surface area contributed by atoms with Gasteiger partial charge >= 0.3 is 0 Å². The Kier molecular flexibility index (Phi) is 4.63. The molecule has 130 valence electrons. The highest BCUT2D eigenvalue weighted by Gasteiger charge is 2.18. The van der Waals surface area contributed by atoms with Crippen LogP contribution >= 0.6 is 0 Å². The SMILES string of the molecule is CC[C@@H](NC(=O)c1cc2ccccc2o1)c1ccc(S(C)(=O)=O)cc1. The van der Waals surface area contributed by atoms with Crippen LogP contribution in [0.4, 0.5) is 0 Å². The van der Waals surface area contributed by atoms with Crippen LogP contribution in [-0.4, -0.2) is 20.6 Å². The Morgan fingerprint density at radius 3 is 2.40 bits per heavy atom. The molecule has 0 unspecified atom stereocenters. The van der Waals surface area contributed by atoms with E-state index in [0.29, 0.717) is 12.0 Å². The summed E-state index contributed by atoms with van der Waals surface area (Å²) in [7, 11) is -3.24. The fourth-order valence-electron chi connectivity index (χ4n) is 2.69. The number of amides is 1. The fraction of sp³-hybridized carbons (Fsp3) is 0.211. The van der Waals surface area contributed by atoms with Gasteiger partial charge < -0.3 is 9.73 Å². The van der Waals surface area contributed by atoms with Crippen molar-refractivity contribution in [2.24, 2.45) is 0 Å². The summed E-state index contributed by atoms with van der Waals surface area (Å²) in [5, 5.41) is 3.81. The second kappa shape index (κ2) is 6.72. The monoisotopic (exact) mass is 357 g/mol. The van der Waals surface area contributed by atoms with Gasteiger partial charge in [0.05, 0.1) is 10.9 Å². The lowest BCUT2D eigenvalue weighted by Gasteiger charge is -2.17. The van der Waals surface area contributed by atoms with E-state index in [9.17, 15) is 13.2 Å². The van der Waals surface area contributed by atoms with Crippen molar-refractivity contribution in [2.45, 2.75) is 24.3 Å². The smallest absolute Gasteiger partial charge is 0.287 e. The van der Waals surface area contributed by atoms with Crippen molar-refractivity contribution >= 4 is 26.7 Å². The molecule has 0 fully saturated rings. The Hall–Kier alpha value is -2.60. The zero-order valence-electron chi connectivity index (χ0n) is 14.0. The molecule has 0 spiro atoms. The van der Waals surface area contributed by atoms with Gasteiger partial charge in [0.25, 0.3) is 5.91 Å². The van der Waals surface area contributed by atoms with E-state index in [1.54, 1.807) is 30.3 Å². The summed E-state index contributed by atoms with van der Waals surface area (Å²) in [6.45, 7) is 1.95. The zero-order chi connectivity index (χ0) is 18.0. The number of nitrogens with one attached hydrogen (secondary N) is 1. The van der Waals surface area contributed by atoms with Crippen LogP contribution in [0.2, 0.25) is 0 Å².